The minimum atomic E-state index is -0.987. The second-order valence-corrected chi connectivity index (χ2v) is 8.10. The van der Waals surface area contributed by atoms with E-state index in [2.05, 4.69) is 15.4 Å². The fraction of sp³-hybridized carbons (Fsp3) is 0.778. The fourth-order valence-corrected chi connectivity index (χ4v) is 3.34. The summed E-state index contributed by atoms with van der Waals surface area (Å²) < 4.78 is 4.43. The highest BCUT2D eigenvalue weighted by Crippen LogP contribution is 2.31. The van der Waals surface area contributed by atoms with Gasteiger partial charge in [0.05, 0.1) is 19.6 Å². The molecular weight excluding hydrogens is 354 g/mol. The van der Waals surface area contributed by atoms with E-state index in [4.69, 9.17) is 0 Å². The highest BCUT2D eigenvalue weighted by molar-refractivity contribution is 5.97. The van der Waals surface area contributed by atoms with Crippen molar-refractivity contribution in [2.75, 3.05) is 13.7 Å². The summed E-state index contributed by atoms with van der Waals surface area (Å²) in [5.74, 6) is -1.43. The molecule has 3 N–H and O–H groups in total. The zero-order valence-electron chi connectivity index (χ0n) is 16.5. The van der Waals surface area contributed by atoms with Gasteiger partial charge in [-0.1, -0.05) is 46.5 Å². The number of methoxy groups -OCH3 is 1. The minimum Gasteiger partial charge on any atom is -0.453 e. The number of hydrogen-bond donors (Lipinski definition) is 3. The number of rotatable bonds is 8. The van der Waals surface area contributed by atoms with Crippen LogP contribution in [0.5, 0.6) is 0 Å². The molecule has 1 aliphatic carbocycles. The van der Waals surface area contributed by atoms with Gasteiger partial charge in [0.15, 0.2) is 0 Å². The third-order valence-corrected chi connectivity index (χ3v) is 4.82. The number of amides is 4. The summed E-state index contributed by atoms with van der Waals surface area (Å²) in [6, 6.07) is -0.987. The summed E-state index contributed by atoms with van der Waals surface area (Å²) in [6.07, 6.45) is 4.06. The van der Waals surface area contributed by atoms with E-state index in [-0.39, 0.29) is 13.0 Å². The third-order valence-electron chi connectivity index (χ3n) is 4.82. The van der Waals surface area contributed by atoms with Gasteiger partial charge in [0.25, 0.3) is 5.91 Å². The van der Waals surface area contributed by atoms with Gasteiger partial charge in [-0.15, -0.1) is 0 Å². The van der Waals surface area contributed by atoms with Gasteiger partial charge in [-0.05, 0) is 17.8 Å². The van der Waals surface area contributed by atoms with Crippen molar-refractivity contribution in [3.8, 4) is 0 Å². The molecule has 1 aliphatic rings. The lowest BCUT2D eigenvalue weighted by molar-refractivity contribution is -0.155. The Morgan fingerprint density at radius 3 is 2.30 bits per heavy atom. The molecule has 0 aromatic heterocycles. The van der Waals surface area contributed by atoms with Gasteiger partial charge in [-0.25, -0.2) is 9.86 Å². The maximum atomic E-state index is 12.8. The van der Waals surface area contributed by atoms with Crippen molar-refractivity contribution in [3.63, 3.8) is 0 Å². The SMILES string of the molecule is COC(=O)NC(=O)[C@@H](NC(=O)[C@H](CC1CCCC1)CN(O)C=O)C(C)(C)C. The number of alkyl carbamates (subject to hydrolysis) is 1. The largest absolute Gasteiger partial charge is 0.453 e. The van der Waals surface area contributed by atoms with Crippen LogP contribution in [-0.2, 0) is 19.1 Å². The zero-order valence-corrected chi connectivity index (χ0v) is 16.5. The smallest absolute Gasteiger partial charge is 0.413 e. The molecule has 0 aromatic carbocycles. The molecule has 0 radical (unpaired) electrons. The number of hydrogen-bond acceptors (Lipinski definition) is 6. The molecule has 2 atom stereocenters. The lowest BCUT2D eigenvalue weighted by Gasteiger charge is -2.32. The predicted molar refractivity (Wildman–Crippen MR) is 96.6 cm³/mol. The Kier molecular flexibility index (Phi) is 8.68. The molecule has 0 heterocycles. The number of carbonyl (C=O) groups excluding carboxylic acids is 4. The van der Waals surface area contributed by atoms with Crippen molar-refractivity contribution in [1.82, 2.24) is 15.7 Å². The standard InChI is InChI=1S/C18H31N3O6/c1-18(2,3)14(16(24)20-17(25)27-4)19-15(23)13(10-21(26)11-22)9-12-7-5-6-8-12/h11-14,26H,5-10H2,1-4H3,(H,19,23)(H,20,24,25)/t13-,14-/m1/s1. The molecule has 0 unspecified atom stereocenters. The molecule has 1 saturated carbocycles. The number of nitrogens with one attached hydrogen (secondary N) is 2. The van der Waals surface area contributed by atoms with Crippen LogP contribution in [0.15, 0.2) is 0 Å². The second-order valence-electron chi connectivity index (χ2n) is 8.10. The molecule has 0 aliphatic heterocycles. The topological polar surface area (TPSA) is 125 Å². The van der Waals surface area contributed by atoms with Crippen LogP contribution >= 0.6 is 0 Å². The Morgan fingerprint density at radius 1 is 1.22 bits per heavy atom. The maximum Gasteiger partial charge on any atom is 0.413 e. The maximum absolute atomic E-state index is 12.8. The lowest BCUT2D eigenvalue weighted by atomic mass is 9.85. The van der Waals surface area contributed by atoms with Gasteiger partial charge in [-0.2, -0.15) is 0 Å². The Hall–Kier alpha value is -2.16. The molecule has 0 aromatic rings. The highest BCUT2D eigenvalue weighted by Gasteiger charge is 2.36. The van der Waals surface area contributed by atoms with Gasteiger partial charge in [0, 0.05) is 0 Å². The van der Waals surface area contributed by atoms with E-state index in [1.165, 1.54) is 0 Å². The number of ether oxygens (including phenoxy) is 1. The van der Waals surface area contributed by atoms with Crippen molar-refractivity contribution in [2.45, 2.75) is 58.9 Å². The van der Waals surface area contributed by atoms with E-state index in [0.717, 1.165) is 32.8 Å². The van der Waals surface area contributed by atoms with Crippen LogP contribution in [0.1, 0.15) is 52.9 Å². The Bertz CT molecular complexity index is 540. The van der Waals surface area contributed by atoms with E-state index in [1.54, 1.807) is 20.8 Å². The molecule has 0 saturated heterocycles. The van der Waals surface area contributed by atoms with Crippen LogP contribution in [0.25, 0.3) is 0 Å². The van der Waals surface area contributed by atoms with Crippen molar-refractivity contribution < 1.29 is 29.1 Å². The normalized spacial score (nSPS) is 16.9. The number of hydroxylamine groups is 2. The van der Waals surface area contributed by atoms with E-state index in [1.807, 2.05) is 0 Å². The van der Waals surface area contributed by atoms with Crippen LogP contribution in [0.4, 0.5) is 4.79 Å². The van der Waals surface area contributed by atoms with E-state index >= 15 is 0 Å². The van der Waals surface area contributed by atoms with E-state index in [0.29, 0.717) is 17.4 Å². The Morgan fingerprint density at radius 2 is 1.81 bits per heavy atom. The van der Waals surface area contributed by atoms with Gasteiger partial charge in [0.1, 0.15) is 6.04 Å². The first kappa shape index (κ1) is 22.9. The van der Waals surface area contributed by atoms with Crippen molar-refractivity contribution in [2.24, 2.45) is 17.3 Å². The van der Waals surface area contributed by atoms with Crippen molar-refractivity contribution >= 4 is 24.3 Å². The first-order valence-electron chi connectivity index (χ1n) is 9.18. The van der Waals surface area contributed by atoms with Crippen LogP contribution in [0.2, 0.25) is 0 Å². The molecular formula is C18H31N3O6. The first-order chi connectivity index (χ1) is 12.6. The average Bonchev–Trinajstić information content (AvgIpc) is 3.10. The average molecular weight is 385 g/mol. The van der Waals surface area contributed by atoms with Gasteiger partial charge >= 0.3 is 6.09 Å². The zero-order chi connectivity index (χ0) is 20.6. The summed E-state index contributed by atoms with van der Waals surface area (Å²) in [5.41, 5.74) is -0.671. The minimum absolute atomic E-state index is 0.151. The summed E-state index contributed by atoms with van der Waals surface area (Å²) >= 11 is 0. The third kappa shape index (κ3) is 7.54. The highest BCUT2D eigenvalue weighted by atomic mass is 16.5. The van der Waals surface area contributed by atoms with Gasteiger partial charge < -0.3 is 10.1 Å². The summed E-state index contributed by atoms with van der Waals surface area (Å²) in [6.45, 7) is 5.11. The Balaban J connectivity index is 2.89. The summed E-state index contributed by atoms with van der Waals surface area (Å²) in [5, 5.41) is 14.7. The molecule has 9 heteroatoms. The lowest BCUT2D eigenvalue weighted by Crippen LogP contribution is -2.56. The molecule has 0 bridgehead atoms. The quantitative estimate of drug-likeness (QED) is 0.330. The predicted octanol–water partition coefficient (Wildman–Crippen LogP) is 1.44. The van der Waals surface area contributed by atoms with Crippen LogP contribution in [0.3, 0.4) is 0 Å². The molecule has 4 amide bonds. The van der Waals surface area contributed by atoms with E-state index < -0.39 is 35.3 Å². The molecule has 154 valence electrons. The van der Waals surface area contributed by atoms with Crippen molar-refractivity contribution in [3.05, 3.63) is 0 Å². The molecule has 27 heavy (non-hydrogen) atoms. The van der Waals surface area contributed by atoms with Crippen LogP contribution in [0, 0.1) is 17.3 Å². The van der Waals surface area contributed by atoms with Gasteiger partial charge in [-0.3, -0.25) is 24.9 Å². The fourth-order valence-electron chi connectivity index (χ4n) is 3.34. The molecule has 1 fully saturated rings. The molecule has 1 rings (SSSR count). The second kappa shape index (κ2) is 10.2. The molecule has 9 nitrogen and oxygen atoms in total. The number of imide groups is 1. The van der Waals surface area contributed by atoms with Crippen LogP contribution in [-0.4, -0.2) is 54.3 Å². The van der Waals surface area contributed by atoms with Crippen LogP contribution < -0.4 is 10.6 Å². The number of nitrogens with zero attached hydrogens (tertiary/aromatic N) is 1. The van der Waals surface area contributed by atoms with Crippen molar-refractivity contribution in [1.29, 1.82) is 0 Å². The summed E-state index contributed by atoms with van der Waals surface area (Å²) in [7, 11) is 1.14. The first-order valence-corrected chi connectivity index (χ1v) is 9.18. The Labute approximate surface area is 159 Å². The summed E-state index contributed by atoms with van der Waals surface area (Å²) in [4.78, 5) is 47.4. The number of carbonyl (C=O) groups is 4. The van der Waals surface area contributed by atoms with Gasteiger partial charge in [0.2, 0.25) is 12.3 Å². The molecule has 0 spiro atoms. The monoisotopic (exact) mass is 385 g/mol. The van der Waals surface area contributed by atoms with E-state index in [9.17, 15) is 24.4 Å².